The van der Waals surface area contributed by atoms with Gasteiger partial charge in [-0.25, -0.2) is 19.9 Å². The number of aliphatic imine (C=N–C) groups is 1. The Kier molecular flexibility index (Phi) is 3.23. The topological polar surface area (TPSA) is 51.0 Å². The van der Waals surface area contributed by atoms with E-state index in [4.69, 9.17) is 0 Å². The quantitative estimate of drug-likeness (QED) is 0.740. The second-order valence-corrected chi connectivity index (χ2v) is 3.90. The average molecular weight is 226 g/mol. The van der Waals surface area contributed by atoms with Crippen LogP contribution in [0, 0.1) is 13.8 Å². The lowest BCUT2D eigenvalue weighted by atomic mass is 10.1. The first kappa shape index (κ1) is 11.4. The van der Waals surface area contributed by atoms with Crippen molar-refractivity contribution in [2.24, 2.45) is 4.99 Å². The minimum Gasteiger partial charge on any atom is -0.249 e. The van der Waals surface area contributed by atoms with Crippen molar-refractivity contribution < 1.29 is 0 Å². The van der Waals surface area contributed by atoms with Gasteiger partial charge in [0.2, 0.25) is 0 Å². The second-order valence-electron chi connectivity index (χ2n) is 3.90. The van der Waals surface area contributed by atoms with Crippen molar-refractivity contribution >= 4 is 11.4 Å². The van der Waals surface area contributed by atoms with E-state index >= 15 is 0 Å². The molecular weight excluding hydrogens is 212 g/mol. The Morgan fingerprint density at radius 3 is 2.24 bits per heavy atom. The predicted octanol–water partition coefficient (Wildman–Crippen LogP) is 2.63. The smallest absolute Gasteiger partial charge is 0.176 e. The Hall–Kier alpha value is -2.10. The van der Waals surface area contributed by atoms with E-state index in [2.05, 4.69) is 19.9 Å². The Labute approximate surface area is 101 Å². The summed E-state index contributed by atoms with van der Waals surface area (Å²) in [5, 5.41) is 0. The molecule has 0 saturated heterocycles. The molecule has 0 spiro atoms. The zero-order chi connectivity index (χ0) is 12.3. The number of aryl methyl sites for hydroxylation is 2. The molecule has 86 valence electrons. The third kappa shape index (κ3) is 2.53. The van der Waals surface area contributed by atoms with Gasteiger partial charge in [0.1, 0.15) is 12.7 Å². The normalized spacial score (nSPS) is 11.6. The Morgan fingerprint density at radius 1 is 1.06 bits per heavy atom. The number of hydrogen-bond acceptors (Lipinski definition) is 4. The van der Waals surface area contributed by atoms with Gasteiger partial charge in [0.05, 0.1) is 11.4 Å². The maximum atomic E-state index is 4.59. The van der Waals surface area contributed by atoms with E-state index in [0.717, 1.165) is 22.5 Å². The molecule has 0 saturated carbocycles. The lowest BCUT2D eigenvalue weighted by Crippen LogP contribution is -2.02. The van der Waals surface area contributed by atoms with Gasteiger partial charge in [-0.2, -0.15) is 0 Å². The number of aromatic nitrogens is 3. The van der Waals surface area contributed by atoms with Gasteiger partial charge in [-0.15, -0.1) is 0 Å². The molecule has 1 heterocycles. The molecule has 0 aliphatic heterocycles. The third-order valence-electron chi connectivity index (χ3n) is 2.54. The molecule has 2 aromatic rings. The fraction of sp³-hybridized carbons (Fsp3) is 0.231. The van der Waals surface area contributed by atoms with Crippen molar-refractivity contribution in [3.8, 4) is 0 Å². The summed E-state index contributed by atoms with van der Waals surface area (Å²) in [4.78, 5) is 16.5. The van der Waals surface area contributed by atoms with Crippen molar-refractivity contribution in [1.82, 2.24) is 15.0 Å². The summed E-state index contributed by atoms with van der Waals surface area (Å²) in [6.07, 6.45) is 2.96. The third-order valence-corrected chi connectivity index (χ3v) is 2.54. The molecule has 1 aromatic carbocycles. The van der Waals surface area contributed by atoms with Crippen LogP contribution in [0.4, 0.5) is 5.69 Å². The van der Waals surface area contributed by atoms with Gasteiger partial charge in [0, 0.05) is 0 Å². The van der Waals surface area contributed by atoms with Crippen molar-refractivity contribution in [2.75, 3.05) is 0 Å². The van der Waals surface area contributed by atoms with Gasteiger partial charge in [-0.3, -0.25) is 0 Å². The summed E-state index contributed by atoms with van der Waals surface area (Å²) < 4.78 is 0. The number of nitrogens with zero attached hydrogens (tertiary/aromatic N) is 4. The first-order valence-electron chi connectivity index (χ1n) is 5.42. The Morgan fingerprint density at radius 2 is 1.65 bits per heavy atom. The van der Waals surface area contributed by atoms with Crippen LogP contribution < -0.4 is 0 Å². The monoisotopic (exact) mass is 226 g/mol. The molecule has 1 aromatic heterocycles. The van der Waals surface area contributed by atoms with Crippen molar-refractivity contribution in [3.63, 3.8) is 0 Å². The van der Waals surface area contributed by atoms with Gasteiger partial charge in [0.25, 0.3) is 0 Å². The molecule has 2 rings (SSSR count). The molecule has 0 atom stereocenters. The average Bonchev–Trinajstić information content (AvgIpc) is 2.35. The molecular formula is C13H14N4. The fourth-order valence-electron chi connectivity index (χ4n) is 1.63. The van der Waals surface area contributed by atoms with Crippen LogP contribution >= 0.6 is 0 Å². The van der Waals surface area contributed by atoms with Gasteiger partial charge >= 0.3 is 0 Å². The summed E-state index contributed by atoms with van der Waals surface area (Å²) in [6.45, 7) is 6.00. The number of para-hydroxylation sites is 1. The molecule has 4 heteroatoms. The van der Waals surface area contributed by atoms with Crippen LogP contribution in [-0.4, -0.2) is 20.7 Å². The molecule has 0 aliphatic rings. The zero-order valence-electron chi connectivity index (χ0n) is 10.2. The highest BCUT2D eigenvalue weighted by atomic mass is 15.0. The summed E-state index contributed by atoms with van der Waals surface area (Å²) in [6, 6.07) is 6.13. The summed E-state index contributed by atoms with van der Waals surface area (Å²) in [5.74, 6) is 0.614. The van der Waals surface area contributed by atoms with Gasteiger partial charge < -0.3 is 0 Å². The van der Waals surface area contributed by atoms with Crippen molar-refractivity contribution in [2.45, 2.75) is 20.8 Å². The SMILES string of the molecule is CC(=Nc1c(C)cccc1C)c1ncncn1. The highest BCUT2D eigenvalue weighted by molar-refractivity contribution is 5.97. The number of hydrogen-bond donors (Lipinski definition) is 0. The number of benzene rings is 1. The molecule has 0 bridgehead atoms. The van der Waals surface area contributed by atoms with Crippen LogP contribution in [0.5, 0.6) is 0 Å². The van der Waals surface area contributed by atoms with Crippen LogP contribution in [0.15, 0.2) is 35.8 Å². The van der Waals surface area contributed by atoms with Crippen LogP contribution in [0.25, 0.3) is 0 Å². The van der Waals surface area contributed by atoms with E-state index in [9.17, 15) is 0 Å². The van der Waals surface area contributed by atoms with Crippen molar-refractivity contribution in [3.05, 3.63) is 47.8 Å². The van der Waals surface area contributed by atoms with Crippen LogP contribution in [0.2, 0.25) is 0 Å². The lowest BCUT2D eigenvalue weighted by Gasteiger charge is -2.05. The molecule has 17 heavy (non-hydrogen) atoms. The van der Waals surface area contributed by atoms with E-state index in [1.54, 1.807) is 0 Å². The molecule has 0 amide bonds. The fourth-order valence-corrected chi connectivity index (χ4v) is 1.63. The van der Waals surface area contributed by atoms with E-state index in [0.29, 0.717) is 5.82 Å². The zero-order valence-corrected chi connectivity index (χ0v) is 10.2. The first-order valence-corrected chi connectivity index (χ1v) is 5.42. The molecule has 0 fully saturated rings. The molecule has 0 aliphatic carbocycles. The van der Waals surface area contributed by atoms with Gasteiger partial charge in [-0.05, 0) is 31.9 Å². The Bertz CT molecular complexity index is 526. The largest absolute Gasteiger partial charge is 0.249 e. The first-order chi connectivity index (χ1) is 8.18. The van der Waals surface area contributed by atoms with Crippen molar-refractivity contribution in [1.29, 1.82) is 0 Å². The summed E-state index contributed by atoms with van der Waals surface area (Å²) in [5.41, 5.74) is 4.09. The highest BCUT2D eigenvalue weighted by Gasteiger charge is 2.04. The number of rotatable bonds is 2. The minimum absolute atomic E-state index is 0.614. The maximum Gasteiger partial charge on any atom is 0.176 e. The predicted molar refractivity (Wildman–Crippen MR) is 67.6 cm³/mol. The van der Waals surface area contributed by atoms with Gasteiger partial charge in [-0.1, -0.05) is 18.2 Å². The second kappa shape index (κ2) is 4.82. The molecule has 0 N–H and O–H groups in total. The van der Waals surface area contributed by atoms with Crippen LogP contribution in [-0.2, 0) is 0 Å². The van der Waals surface area contributed by atoms with Crippen LogP contribution in [0.3, 0.4) is 0 Å². The van der Waals surface area contributed by atoms with E-state index < -0.39 is 0 Å². The molecule has 0 unspecified atom stereocenters. The lowest BCUT2D eigenvalue weighted by molar-refractivity contribution is 1.02. The molecule has 0 radical (unpaired) electrons. The minimum atomic E-state index is 0.614. The van der Waals surface area contributed by atoms with Gasteiger partial charge in [0.15, 0.2) is 5.82 Å². The summed E-state index contributed by atoms with van der Waals surface area (Å²) in [7, 11) is 0. The van der Waals surface area contributed by atoms with E-state index in [1.165, 1.54) is 12.7 Å². The Balaban J connectivity index is 2.43. The van der Waals surface area contributed by atoms with Crippen LogP contribution in [0.1, 0.15) is 23.9 Å². The highest BCUT2D eigenvalue weighted by Crippen LogP contribution is 2.23. The maximum absolute atomic E-state index is 4.59. The van der Waals surface area contributed by atoms with E-state index in [1.807, 2.05) is 39.0 Å². The molecule has 4 nitrogen and oxygen atoms in total. The standard InChI is InChI=1S/C13H14N4/c1-9-5-4-6-10(2)12(9)17-11(3)13-15-7-14-8-16-13/h4-8H,1-3H3. The summed E-state index contributed by atoms with van der Waals surface area (Å²) >= 11 is 0. The van der Waals surface area contributed by atoms with E-state index in [-0.39, 0.29) is 0 Å².